The van der Waals surface area contributed by atoms with E-state index in [1.54, 1.807) is 18.2 Å². The Morgan fingerprint density at radius 2 is 2.25 bits per heavy atom. The van der Waals surface area contributed by atoms with Gasteiger partial charge in [-0.2, -0.15) is 0 Å². The molecule has 4 heteroatoms. The molecule has 1 N–H and O–H groups in total. The van der Waals surface area contributed by atoms with Gasteiger partial charge < -0.3 is 14.6 Å². The first kappa shape index (κ1) is 9.66. The Morgan fingerprint density at radius 1 is 1.44 bits per heavy atom. The normalized spacial score (nSPS) is 22.8. The van der Waals surface area contributed by atoms with Gasteiger partial charge in [0.1, 0.15) is 5.75 Å². The summed E-state index contributed by atoms with van der Waals surface area (Å²) in [5, 5.41) is 9.47. The third-order valence-corrected chi connectivity index (χ3v) is 2.91. The minimum atomic E-state index is -1.15. The van der Waals surface area contributed by atoms with Crippen LogP contribution in [0.4, 0.5) is 0 Å². The molecule has 16 heavy (non-hydrogen) atoms. The second kappa shape index (κ2) is 3.49. The fourth-order valence-electron chi connectivity index (χ4n) is 1.75. The fourth-order valence-corrected chi connectivity index (χ4v) is 1.75. The van der Waals surface area contributed by atoms with Crippen molar-refractivity contribution in [1.29, 1.82) is 0 Å². The van der Waals surface area contributed by atoms with Crippen molar-refractivity contribution in [3.63, 3.8) is 0 Å². The van der Waals surface area contributed by atoms with Crippen LogP contribution in [-0.2, 0) is 4.74 Å². The van der Waals surface area contributed by atoms with Crippen molar-refractivity contribution in [2.75, 3.05) is 6.61 Å². The topological polar surface area (TPSA) is 55.8 Å². The molecule has 1 atom stereocenters. The highest BCUT2D eigenvalue weighted by molar-refractivity contribution is 5.94. The lowest BCUT2D eigenvalue weighted by atomic mass is 10.1. The van der Waals surface area contributed by atoms with Gasteiger partial charge in [0.05, 0.1) is 12.2 Å². The highest BCUT2D eigenvalue weighted by Gasteiger charge is 2.30. The molecule has 1 saturated carbocycles. The van der Waals surface area contributed by atoms with Gasteiger partial charge in [-0.1, -0.05) is 0 Å². The lowest BCUT2D eigenvalue weighted by Crippen LogP contribution is -2.00. The number of hydrogen-bond acceptors (Lipinski definition) is 4. The number of ether oxygens (including phenoxy) is 2. The van der Waals surface area contributed by atoms with Crippen LogP contribution in [0.2, 0.25) is 0 Å². The molecule has 84 valence electrons. The van der Waals surface area contributed by atoms with E-state index in [1.807, 2.05) is 0 Å². The van der Waals surface area contributed by atoms with Crippen molar-refractivity contribution < 1.29 is 19.4 Å². The van der Waals surface area contributed by atoms with E-state index in [9.17, 15) is 9.90 Å². The molecule has 3 rings (SSSR count). The van der Waals surface area contributed by atoms with Crippen LogP contribution in [0, 0.1) is 5.92 Å². The van der Waals surface area contributed by atoms with Gasteiger partial charge in [0.2, 0.25) is 6.29 Å². The first-order valence-electron chi connectivity index (χ1n) is 5.40. The smallest absolute Gasteiger partial charge is 0.341 e. The summed E-state index contributed by atoms with van der Waals surface area (Å²) in [5.74, 6) is 0.885. The van der Waals surface area contributed by atoms with E-state index in [2.05, 4.69) is 4.74 Å². The van der Waals surface area contributed by atoms with Crippen LogP contribution in [0.15, 0.2) is 18.2 Å². The Bertz CT molecular complexity index is 437. The molecule has 1 heterocycles. The summed E-state index contributed by atoms with van der Waals surface area (Å²) in [6.45, 7) is 0.712. The lowest BCUT2D eigenvalue weighted by molar-refractivity contribution is -0.0548. The zero-order valence-electron chi connectivity index (χ0n) is 8.68. The highest BCUT2D eigenvalue weighted by atomic mass is 16.6. The number of esters is 1. The van der Waals surface area contributed by atoms with Crippen LogP contribution in [-0.4, -0.2) is 17.7 Å². The summed E-state index contributed by atoms with van der Waals surface area (Å²) in [6.07, 6.45) is 1.32. The molecule has 0 radical (unpaired) electrons. The van der Waals surface area contributed by atoms with Crippen molar-refractivity contribution in [1.82, 2.24) is 0 Å². The summed E-state index contributed by atoms with van der Waals surface area (Å²) in [4.78, 5) is 11.2. The predicted octanol–water partition coefficient (Wildman–Crippen LogP) is 1.64. The average Bonchev–Trinajstić information content (AvgIpc) is 3.05. The molecule has 1 aliphatic carbocycles. The Morgan fingerprint density at radius 3 is 3.00 bits per heavy atom. The Labute approximate surface area is 92.8 Å². The summed E-state index contributed by atoms with van der Waals surface area (Å²) in [5.41, 5.74) is 0.921. The van der Waals surface area contributed by atoms with Crippen molar-refractivity contribution >= 4 is 5.97 Å². The predicted molar refractivity (Wildman–Crippen MR) is 55.0 cm³/mol. The fraction of sp³-hybridized carbons (Fsp3) is 0.417. The van der Waals surface area contributed by atoms with Gasteiger partial charge in [0.15, 0.2) is 0 Å². The molecule has 0 bridgehead atoms. The SMILES string of the molecule is O=C1OC(O)c2cc(OCC3CC3)ccc21. The van der Waals surface area contributed by atoms with Gasteiger partial charge in [-0.05, 0) is 37.0 Å². The number of aliphatic hydroxyl groups is 1. The maximum absolute atomic E-state index is 11.2. The largest absolute Gasteiger partial charge is 0.493 e. The van der Waals surface area contributed by atoms with Crippen molar-refractivity contribution in [2.24, 2.45) is 5.92 Å². The Kier molecular flexibility index (Phi) is 2.11. The Hall–Kier alpha value is -1.55. The molecule has 0 spiro atoms. The van der Waals surface area contributed by atoms with Crippen molar-refractivity contribution in [2.45, 2.75) is 19.1 Å². The lowest BCUT2D eigenvalue weighted by Gasteiger charge is -2.07. The first-order chi connectivity index (χ1) is 7.74. The van der Waals surface area contributed by atoms with Crippen molar-refractivity contribution in [3.8, 4) is 5.75 Å². The van der Waals surface area contributed by atoms with E-state index in [0.29, 0.717) is 29.4 Å². The Balaban J connectivity index is 1.81. The first-order valence-corrected chi connectivity index (χ1v) is 5.40. The monoisotopic (exact) mass is 220 g/mol. The van der Waals surface area contributed by atoms with Gasteiger partial charge >= 0.3 is 5.97 Å². The number of hydrogen-bond donors (Lipinski definition) is 1. The minimum absolute atomic E-state index is 0.422. The molecule has 1 aliphatic heterocycles. The third kappa shape index (κ3) is 1.65. The number of cyclic esters (lactones) is 1. The van der Waals surface area contributed by atoms with Gasteiger partial charge in [-0.15, -0.1) is 0 Å². The van der Waals surface area contributed by atoms with Crippen LogP contribution in [0.5, 0.6) is 5.75 Å². The quantitative estimate of drug-likeness (QED) is 0.787. The van der Waals surface area contributed by atoms with E-state index in [-0.39, 0.29) is 0 Å². The van der Waals surface area contributed by atoms with Crippen LogP contribution < -0.4 is 4.74 Å². The van der Waals surface area contributed by atoms with Crippen LogP contribution in [0.1, 0.15) is 35.1 Å². The van der Waals surface area contributed by atoms with Gasteiger partial charge in [0, 0.05) is 5.56 Å². The molecule has 2 aliphatic rings. The molecule has 1 unspecified atom stereocenters. The average molecular weight is 220 g/mol. The number of aliphatic hydroxyl groups excluding tert-OH is 1. The van der Waals surface area contributed by atoms with Crippen LogP contribution in [0.25, 0.3) is 0 Å². The minimum Gasteiger partial charge on any atom is -0.493 e. The standard InChI is InChI=1S/C12H12O4/c13-11-9-4-3-8(15-6-7-1-2-7)5-10(9)12(14)16-11/h3-5,7,12,14H,1-2,6H2. The third-order valence-electron chi connectivity index (χ3n) is 2.91. The molecular weight excluding hydrogens is 208 g/mol. The zero-order chi connectivity index (χ0) is 11.1. The maximum Gasteiger partial charge on any atom is 0.341 e. The summed E-state index contributed by atoms with van der Waals surface area (Å²) in [7, 11) is 0. The van der Waals surface area contributed by atoms with Crippen LogP contribution >= 0.6 is 0 Å². The zero-order valence-corrected chi connectivity index (χ0v) is 8.68. The highest BCUT2D eigenvalue weighted by Crippen LogP contribution is 2.33. The molecule has 1 aromatic carbocycles. The molecule has 0 saturated heterocycles. The van der Waals surface area contributed by atoms with Gasteiger partial charge in [-0.3, -0.25) is 0 Å². The van der Waals surface area contributed by atoms with Crippen LogP contribution in [0.3, 0.4) is 0 Å². The number of benzene rings is 1. The van der Waals surface area contributed by atoms with E-state index in [4.69, 9.17) is 4.74 Å². The molecular formula is C12H12O4. The maximum atomic E-state index is 11.2. The molecule has 0 amide bonds. The van der Waals surface area contributed by atoms with E-state index in [0.717, 1.165) is 0 Å². The molecule has 4 nitrogen and oxygen atoms in total. The van der Waals surface area contributed by atoms with E-state index in [1.165, 1.54) is 12.8 Å². The number of carbonyl (C=O) groups is 1. The van der Waals surface area contributed by atoms with E-state index >= 15 is 0 Å². The second-order valence-corrected chi connectivity index (χ2v) is 4.26. The molecule has 0 aromatic heterocycles. The van der Waals surface area contributed by atoms with Gasteiger partial charge in [0.25, 0.3) is 0 Å². The number of carbonyl (C=O) groups excluding carboxylic acids is 1. The number of rotatable bonds is 3. The van der Waals surface area contributed by atoms with Crippen molar-refractivity contribution in [3.05, 3.63) is 29.3 Å². The van der Waals surface area contributed by atoms with Gasteiger partial charge in [-0.25, -0.2) is 4.79 Å². The summed E-state index contributed by atoms with van der Waals surface area (Å²) in [6, 6.07) is 5.05. The summed E-state index contributed by atoms with van der Waals surface area (Å²) >= 11 is 0. The second-order valence-electron chi connectivity index (χ2n) is 4.26. The molecule has 1 aromatic rings. The van der Waals surface area contributed by atoms with E-state index < -0.39 is 12.3 Å². The number of fused-ring (bicyclic) bond motifs is 1. The molecule has 1 fully saturated rings. The summed E-state index contributed by atoms with van der Waals surface area (Å²) < 4.78 is 10.2.